The summed E-state index contributed by atoms with van der Waals surface area (Å²) in [7, 11) is 0. The Morgan fingerprint density at radius 2 is 1.92 bits per heavy atom. The number of carbonyl (C=O) groups is 3. The summed E-state index contributed by atoms with van der Waals surface area (Å²) in [5.74, 6) is -1.28. The van der Waals surface area contributed by atoms with Gasteiger partial charge in [0.1, 0.15) is 0 Å². The van der Waals surface area contributed by atoms with Crippen molar-refractivity contribution in [2.24, 2.45) is 5.92 Å². The summed E-state index contributed by atoms with van der Waals surface area (Å²) in [6.07, 6.45) is -0.178. The van der Waals surface area contributed by atoms with Gasteiger partial charge < -0.3 is 10.1 Å². The van der Waals surface area contributed by atoms with Crippen molar-refractivity contribution in [1.29, 1.82) is 0 Å². The fraction of sp³-hybridized carbons (Fsp3) is 0.500. The van der Waals surface area contributed by atoms with Crippen LogP contribution in [0.15, 0.2) is 30.3 Å². The van der Waals surface area contributed by atoms with Crippen LogP contribution in [0.3, 0.4) is 0 Å². The van der Waals surface area contributed by atoms with E-state index >= 15 is 0 Å². The van der Waals surface area contributed by atoms with E-state index in [0.29, 0.717) is 13.1 Å². The number of hydrogen-bond donors (Lipinski definition) is 1. The highest BCUT2D eigenvalue weighted by Crippen LogP contribution is 2.28. The Bertz CT molecular complexity index is 602. The van der Waals surface area contributed by atoms with E-state index < -0.39 is 29.9 Å². The van der Waals surface area contributed by atoms with Gasteiger partial charge in [0.05, 0.1) is 5.92 Å². The summed E-state index contributed by atoms with van der Waals surface area (Å²) in [6, 6.07) is 8.98. The molecule has 24 heavy (non-hydrogen) atoms. The molecule has 0 saturated carbocycles. The normalized spacial score (nSPS) is 17.8. The number of hydrogen-bond acceptors (Lipinski definition) is 4. The zero-order valence-electron chi connectivity index (χ0n) is 14.3. The molecule has 0 spiro atoms. The lowest BCUT2D eigenvalue weighted by atomic mass is 9.85. The zero-order valence-corrected chi connectivity index (χ0v) is 14.3. The number of imide groups is 1. The van der Waals surface area contributed by atoms with Crippen molar-refractivity contribution in [2.75, 3.05) is 13.1 Å². The smallest absolute Gasteiger partial charge is 0.324 e. The zero-order chi connectivity index (χ0) is 17.7. The molecule has 130 valence electrons. The van der Waals surface area contributed by atoms with Crippen LogP contribution in [0.1, 0.15) is 38.7 Å². The van der Waals surface area contributed by atoms with Crippen LogP contribution in [0.4, 0.5) is 4.79 Å². The minimum absolute atomic E-state index is 0.0808. The standard InChI is InChI=1S/C18H24N2O4/c1-4-12(2)15(14-8-6-5-7-9-14)17(22)24-13(3)16(21)20-11-10-19-18(20)23/h5-9,12-13,15H,4,10-11H2,1-3H3,(H,19,23)/t12-,13+,15+/m1/s1. The van der Waals surface area contributed by atoms with E-state index in [0.717, 1.165) is 16.9 Å². The van der Waals surface area contributed by atoms with Gasteiger partial charge in [0.15, 0.2) is 6.10 Å². The first-order valence-corrected chi connectivity index (χ1v) is 8.30. The monoisotopic (exact) mass is 332 g/mol. The van der Waals surface area contributed by atoms with Crippen molar-refractivity contribution < 1.29 is 19.1 Å². The average Bonchev–Trinajstić information content (AvgIpc) is 3.01. The summed E-state index contributed by atoms with van der Waals surface area (Å²) in [5.41, 5.74) is 0.871. The Morgan fingerprint density at radius 1 is 1.25 bits per heavy atom. The SMILES string of the molecule is CC[C@@H](C)[C@H](C(=O)O[C@@H](C)C(=O)N1CCNC1=O)c1ccccc1. The van der Waals surface area contributed by atoms with E-state index in [1.165, 1.54) is 6.92 Å². The Balaban J connectivity index is 2.09. The molecule has 6 nitrogen and oxygen atoms in total. The van der Waals surface area contributed by atoms with Gasteiger partial charge in [0.2, 0.25) is 0 Å². The van der Waals surface area contributed by atoms with Gasteiger partial charge in [-0.25, -0.2) is 4.79 Å². The molecule has 1 heterocycles. The summed E-state index contributed by atoms with van der Waals surface area (Å²) in [6.45, 7) is 6.22. The number of urea groups is 1. The van der Waals surface area contributed by atoms with E-state index in [9.17, 15) is 14.4 Å². The molecule has 1 aromatic carbocycles. The second-order valence-electron chi connectivity index (χ2n) is 6.07. The van der Waals surface area contributed by atoms with E-state index in [-0.39, 0.29) is 5.92 Å². The maximum atomic E-state index is 12.7. The Labute approximate surface area is 142 Å². The molecule has 1 aliphatic heterocycles. The van der Waals surface area contributed by atoms with Crippen LogP contribution in [-0.4, -0.2) is 42.0 Å². The van der Waals surface area contributed by atoms with Crippen LogP contribution in [0.5, 0.6) is 0 Å². The highest BCUT2D eigenvalue weighted by molar-refractivity contribution is 5.98. The van der Waals surface area contributed by atoms with E-state index in [2.05, 4.69) is 5.32 Å². The maximum Gasteiger partial charge on any atom is 0.324 e. The topological polar surface area (TPSA) is 75.7 Å². The molecule has 2 rings (SSSR count). The largest absolute Gasteiger partial charge is 0.452 e. The first-order valence-electron chi connectivity index (χ1n) is 8.30. The number of ether oxygens (including phenoxy) is 1. The Kier molecular flexibility index (Phi) is 5.95. The third kappa shape index (κ3) is 3.93. The number of nitrogens with zero attached hydrogens (tertiary/aromatic N) is 1. The number of esters is 1. The Hall–Kier alpha value is -2.37. The summed E-state index contributed by atoms with van der Waals surface area (Å²) in [4.78, 5) is 37.6. The van der Waals surface area contributed by atoms with Gasteiger partial charge in [-0.1, -0.05) is 50.6 Å². The maximum absolute atomic E-state index is 12.7. The molecule has 1 aromatic rings. The summed E-state index contributed by atoms with van der Waals surface area (Å²) in [5, 5.41) is 2.56. The van der Waals surface area contributed by atoms with Crippen molar-refractivity contribution in [3.05, 3.63) is 35.9 Å². The quantitative estimate of drug-likeness (QED) is 0.811. The molecule has 0 unspecified atom stereocenters. The van der Waals surface area contributed by atoms with Crippen LogP contribution in [0.2, 0.25) is 0 Å². The number of amides is 3. The van der Waals surface area contributed by atoms with Crippen LogP contribution in [-0.2, 0) is 14.3 Å². The third-order valence-corrected chi connectivity index (χ3v) is 4.39. The van der Waals surface area contributed by atoms with Gasteiger partial charge in [0, 0.05) is 13.1 Å². The summed E-state index contributed by atoms with van der Waals surface area (Å²) < 4.78 is 5.40. The van der Waals surface area contributed by atoms with Crippen LogP contribution in [0, 0.1) is 5.92 Å². The lowest BCUT2D eigenvalue weighted by molar-refractivity contribution is -0.159. The number of benzene rings is 1. The second kappa shape index (κ2) is 7.95. The molecule has 1 saturated heterocycles. The number of carbonyl (C=O) groups excluding carboxylic acids is 3. The summed E-state index contributed by atoms with van der Waals surface area (Å²) >= 11 is 0. The van der Waals surface area contributed by atoms with Crippen LogP contribution in [0.25, 0.3) is 0 Å². The van der Waals surface area contributed by atoms with Crippen LogP contribution < -0.4 is 5.32 Å². The highest BCUT2D eigenvalue weighted by atomic mass is 16.5. The molecule has 3 amide bonds. The van der Waals surface area contributed by atoms with Gasteiger partial charge in [-0.15, -0.1) is 0 Å². The predicted octanol–water partition coefficient (Wildman–Crippen LogP) is 2.30. The molecular weight excluding hydrogens is 308 g/mol. The van der Waals surface area contributed by atoms with Gasteiger partial charge in [-0.05, 0) is 18.4 Å². The fourth-order valence-corrected chi connectivity index (χ4v) is 2.79. The van der Waals surface area contributed by atoms with Crippen molar-refractivity contribution in [2.45, 2.75) is 39.2 Å². The van der Waals surface area contributed by atoms with Crippen molar-refractivity contribution in [3.8, 4) is 0 Å². The molecule has 3 atom stereocenters. The molecule has 1 fully saturated rings. The van der Waals surface area contributed by atoms with E-state index in [1.807, 2.05) is 44.2 Å². The van der Waals surface area contributed by atoms with Gasteiger partial charge >= 0.3 is 12.0 Å². The van der Waals surface area contributed by atoms with Gasteiger partial charge in [-0.2, -0.15) is 0 Å². The molecule has 1 N–H and O–H groups in total. The molecule has 0 aromatic heterocycles. The van der Waals surface area contributed by atoms with Crippen molar-refractivity contribution in [3.63, 3.8) is 0 Å². The number of nitrogens with one attached hydrogen (secondary N) is 1. The minimum atomic E-state index is -0.989. The van der Waals surface area contributed by atoms with Gasteiger partial charge in [0.25, 0.3) is 5.91 Å². The van der Waals surface area contributed by atoms with Crippen molar-refractivity contribution >= 4 is 17.9 Å². The molecule has 0 aliphatic carbocycles. The Morgan fingerprint density at radius 3 is 2.46 bits per heavy atom. The number of rotatable bonds is 6. The van der Waals surface area contributed by atoms with Gasteiger partial charge in [-0.3, -0.25) is 14.5 Å². The lowest BCUT2D eigenvalue weighted by Crippen LogP contribution is -2.42. The fourth-order valence-electron chi connectivity index (χ4n) is 2.79. The molecule has 0 bridgehead atoms. The second-order valence-corrected chi connectivity index (χ2v) is 6.07. The molecule has 1 aliphatic rings. The van der Waals surface area contributed by atoms with E-state index in [4.69, 9.17) is 4.74 Å². The predicted molar refractivity (Wildman–Crippen MR) is 89.3 cm³/mol. The lowest BCUT2D eigenvalue weighted by Gasteiger charge is -2.25. The average molecular weight is 332 g/mol. The van der Waals surface area contributed by atoms with Crippen molar-refractivity contribution in [1.82, 2.24) is 10.2 Å². The molecular formula is C18H24N2O4. The van der Waals surface area contributed by atoms with Crippen LogP contribution >= 0.6 is 0 Å². The first kappa shape index (κ1) is 18.0. The molecule has 0 radical (unpaired) electrons. The first-order chi connectivity index (χ1) is 11.5. The molecule has 6 heteroatoms. The van der Waals surface area contributed by atoms with E-state index in [1.54, 1.807) is 0 Å². The highest BCUT2D eigenvalue weighted by Gasteiger charge is 2.34. The minimum Gasteiger partial charge on any atom is -0.452 e. The third-order valence-electron chi connectivity index (χ3n) is 4.39.